The van der Waals surface area contributed by atoms with Crippen LogP contribution < -0.4 is 5.56 Å². The number of methoxy groups -OCH3 is 1. The van der Waals surface area contributed by atoms with Gasteiger partial charge in [-0.3, -0.25) is 9.59 Å². The zero-order valence-corrected chi connectivity index (χ0v) is 11.6. The summed E-state index contributed by atoms with van der Waals surface area (Å²) in [4.78, 5) is 24.3. The Labute approximate surface area is 111 Å². The molecule has 19 heavy (non-hydrogen) atoms. The summed E-state index contributed by atoms with van der Waals surface area (Å²) in [6.07, 6.45) is 0. The zero-order valence-electron chi connectivity index (χ0n) is 11.6. The standard InChI is InChI=1S/C15H17NO3/c1-15(2,14(18)19-4)11-9-10-7-5-6-8-12(10)16(3)13(11)17/h5-9H,1-4H3. The van der Waals surface area contributed by atoms with Crippen molar-refractivity contribution in [3.63, 3.8) is 0 Å². The molecule has 0 bridgehead atoms. The Bertz CT molecular complexity index is 698. The highest BCUT2D eigenvalue weighted by Gasteiger charge is 2.34. The fraction of sp³-hybridized carbons (Fsp3) is 0.333. The second kappa shape index (κ2) is 4.53. The number of rotatable bonds is 2. The molecule has 1 aromatic carbocycles. The number of hydrogen-bond acceptors (Lipinski definition) is 3. The van der Waals surface area contributed by atoms with Gasteiger partial charge in [0.05, 0.1) is 18.0 Å². The topological polar surface area (TPSA) is 48.3 Å². The predicted octanol–water partition coefficient (Wildman–Crippen LogP) is 1.99. The molecule has 1 aromatic heterocycles. The van der Waals surface area contributed by atoms with E-state index in [0.717, 1.165) is 10.9 Å². The summed E-state index contributed by atoms with van der Waals surface area (Å²) in [5.41, 5.74) is 0.153. The van der Waals surface area contributed by atoms with E-state index in [9.17, 15) is 9.59 Å². The third-order valence-electron chi connectivity index (χ3n) is 3.50. The van der Waals surface area contributed by atoms with Gasteiger partial charge in [-0.25, -0.2) is 0 Å². The van der Waals surface area contributed by atoms with E-state index in [1.807, 2.05) is 24.3 Å². The van der Waals surface area contributed by atoms with Crippen LogP contribution >= 0.6 is 0 Å². The number of fused-ring (bicyclic) bond motifs is 1. The van der Waals surface area contributed by atoms with E-state index in [0.29, 0.717) is 5.56 Å². The Morgan fingerprint density at radius 3 is 2.53 bits per heavy atom. The van der Waals surface area contributed by atoms with Gasteiger partial charge in [0.25, 0.3) is 5.56 Å². The van der Waals surface area contributed by atoms with Crippen molar-refractivity contribution >= 4 is 16.9 Å². The van der Waals surface area contributed by atoms with E-state index in [-0.39, 0.29) is 5.56 Å². The molecule has 0 aliphatic rings. The van der Waals surface area contributed by atoms with Crippen molar-refractivity contribution in [2.45, 2.75) is 19.3 Å². The van der Waals surface area contributed by atoms with Crippen LogP contribution in [0.3, 0.4) is 0 Å². The van der Waals surface area contributed by atoms with Crippen LogP contribution in [-0.2, 0) is 22.0 Å². The van der Waals surface area contributed by atoms with Gasteiger partial charge >= 0.3 is 5.97 Å². The van der Waals surface area contributed by atoms with Gasteiger partial charge in [0.1, 0.15) is 0 Å². The molecule has 0 saturated heterocycles. The Morgan fingerprint density at radius 2 is 1.89 bits per heavy atom. The zero-order chi connectivity index (χ0) is 14.2. The van der Waals surface area contributed by atoms with Gasteiger partial charge in [-0.2, -0.15) is 0 Å². The normalized spacial score (nSPS) is 11.6. The molecule has 0 amide bonds. The molecule has 0 spiro atoms. The number of para-hydroxylation sites is 1. The van der Waals surface area contributed by atoms with Crippen molar-refractivity contribution in [3.8, 4) is 0 Å². The van der Waals surface area contributed by atoms with Crippen LogP contribution in [0.15, 0.2) is 35.1 Å². The van der Waals surface area contributed by atoms with E-state index in [1.165, 1.54) is 7.11 Å². The van der Waals surface area contributed by atoms with Gasteiger partial charge in [-0.15, -0.1) is 0 Å². The maximum atomic E-state index is 12.4. The Kier molecular flexibility index (Phi) is 3.18. The minimum absolute atomic E-state index is 0.172. The number of benzene rings is 1. The van der Waals surface area contributed by atoms with Gasteiger partial charge in [-0.05, 0) is 31.4 Å². The second-order valence-corrected chi connectivity index (χ2v) is 5.10. The summed E-state index contributed by atoms with van der Waals surface area (Å²) in [7, 11) is 3.04. The summed E-state index contributed by atoms with van der Waals surface area (Å²) in [6, 6.07) is 9.36. The lowest BCUT2D eigenvalue weighted by Gasteiger charge is -2.22. The average Bonchev–Trinajstić information content (AvgIpc) is 2.41. The van der Waals surface area contributed by atoms with Gasteiger partial charge in [-0.1, -0.05) is 18.2 Å². The Morgan fingerprint density at radius 1 is 1.26 bits per heavy atom. The summed E-state index contributed by atoms with van der Waals surface area (Å²) in [6.45, 7) is 3.40. The van der Waals surface area contributed by atoms with Gasteiger partial charge in [0, 0.05) is 12.6 Å². The third kappa shape index (κ3) is 2.03. The van der Waals surface area contributed by atoms with Crippen molar-refractivity contribution in [2.75, 3.05) is 7.11 Å². The Balaban J connectivity index is 2.79. The number of aromatic nitrogens is 1. The highest BCUT2D eigenvalue weighted by molar-refractivity contribution is 5.85. The lowest BCUT2D eigenvalue weighted by Crippen LogP contribution is -2.37. The number of ether oxygens (including phenoxy) is 1. The first-order chi connectivity index (χ1) is 8.89. The van der Waals surface area contributed by atoms with Crippen LogP contribution in [0.5, 0.6) is 0 Å². The first-order valence-corrected chi connectivity index (χ1v) is 6.07. The molecule has 0 unspecified atom stereocenters. The molecule has 0 radical (unpaired) electrons. The maximum Gasteiger partial charge on any atom is 0.315 e. The highest BCUT2D eigenvalue weighted by atomic mass is 16.5. The van der Waals surface area contributed by atoms with Gasteiger partial charge in [0.2, 0.25) is 0 Å². The lowest BCUT2D eigenvalue weighted by molar-refractivity contribution is -0.146. The number of carbonyl (C=O) groups excluding carboxylic acids is 1. The molecule has 0 aliphatic carbocycles. The van der Waals surface area contributed by atoms with E-state index in [1.54, 1.807) is 31.5 Å². The van der Waals surface area contributed by atoms with Gasteiger partial charge < -0.3 is 9.30 Å². The second-order valence-electron chi connectivity index (χ2n) is 5.10. The number of nitrogens with zero attached hydrogens (tertiary/aromatic N) is 1. The number of pyridine rings is 1. The summed E-state index contributed by atoms with van der Waals surface area (Å²) in [5, 5.41) is 0.927. The van der Waals surface area contributed by atoms with Crippen molar-refractivity contribution in [1.29, 1.82) is 0 Å². The SMILES string of the molecule is COC(=O)C(C)(C)c1cc2ccccc2n(C)c1=O. The van der Waals surface area contributed by atoms with Crippen molar-refractivity contribution in [2.24, 2.45) is 7.05 Å². The predicted molar refractivity (Wildman–Crippen MR) is 74.2 cm³/mol. The number of aryl methyl sites for hydroxylation is 1. The van der Waals surface area contributed by atoms with Crippen molar-refractivity contribution < 1.29 is 9.53 Å². The smallest absolute Gasteiger partial charge is 0.315 e. The lowest BCUT2D eigenvalue weighted by atomic mass is 9.85. The molecule has 0 fully saturated rings. The van der Waals surface area contributed by atoms with Crippen LogP contribution in [0.4, 0.5) is 0 Å². The first-order valence-electron chi connectivity index (χ1n) is 6.07. The molecule has 0 aliphatic heterocycles. The quantitative estimate of drug-likeness (QED) is 0.775. The van der Waals surface area contributed by atoms with Gasteiger partial charge in [0.15, 0.2) is 0 Å². The van der Waals surface area contributed by atoms with E-state index in [4.69, 9.17) is 4.74 Å². The molecule has 0 N–H and O–H groups in total. The monoisotopic (exact) mass is 259 g/mol. The molecule has 0 saturated carbocycles. The van der Waals surface area contributed by atoms with E-state index >= 15 is 0 Å². The fourth-order valence-corrected chi connectivity index (χ4v) is 2.24. The molecule has 4 heteroatoms. The van der Waals surface area contributed by atoms with E-state index in [2.05, 4.69) is 0 Å². The number of carbonyl (C=O) groups is 1. The number of esters is 1. The van der Waals surface area contributed by atoms with Crippen molar-refractivity contribution in [1.82, 2.24) is 4.57 Å². The third-order valence-corrected chi connectivity index (χ3v) is 3.50. The summed E-state index contributed by atoms with van der Waals surface area (Å²) in [5.74, 6) is -0.417. The summed E-state index contributed by atoms with van der Waals surface area (Å²) < 4.78 is 6.35. The fourth-order valence-electron chi connectivity index (χ4n) is 2.24. The molecule has 100 valence electrons. The first kappa shape index (κ1) is 13.3. The maximum absolute atomic E-state index is 12.4. The van der Waals surface area contributed by atoms with Crippen LogP contribution in [-0.4, -0.2) is 17.6 Å². The van der Waals surface area contributed by atoms with Crippen LogP contribution in [0, 0.1) is 0 Å². The van der Waals surface area contributed by atoms with Crippen LogP contribution in [0.2, 0.25) is 0 Å². The molecule has 2 rings (SSSR count). The van der Waals surface area contributed by atoms with Crippen molar-refractivity contribution in [3.05, 3.63) is 46.2 Å². The minimum Gasteiger partial charge on any atom is -0.468 e. The molecular formula is C15H17NO3. The average molecular weight is 259 g/mol. The number of hydrogen-bond donors (Lipinski definition) is 0. The molecular weight excluding hydrogens is 242 g/mol. The summed E-state index contributed by atoms with van der Waals surface area (Å²) >= 11 is 0. The Hall–Kier alpha value is -2.10. The van der Waals surface area contributed by atoms with E-state index < -0.39 is 11.4 Å². The molecule has 0 atom stereocenters. The highest BCUT2D eigenvalue weighted by Crippen LogP contribution is 2.24. The van der Waals surface area contributed by atoms with Crippen LogP contribution in [0.1, 0.15) is 19.4 Å². The minimum atomic E-state index is -0.965. The van der Waals surface area contributed by atoms with Crippen LogP contribution in [0.25, 0.3) is 10.9 Å². The molecule has 4 nitrogen and oxygen atoms in total. The largest absolute Gasteiger partial charge is 0.468 e. The molecule has 2 aromatic rings. The molecule has 1 heterocycles.